The number of rotatable bonds is 6. The van der Waals surface area contributed by atoms with Crippen molar-refractivity contribution in [1.29, 1.82) is 0 Å². The number of carbonyl (C=O) groups excluding carboxylic acids is 1. The first-order chi connectivity index (χ1) is 9.20. The van der Waals surface area contributed by atoms with Gasteiger partial charge in [0.2, 0.25) is 5.91 Å². The van der Waals surface area contributed by atoms with Crippen LogP contribution in [0.1, 0.15) is 38.5 Å². The number of nitrogens with two attached hydrogens (primary N) is 1. The first-order valence-electron chi connectivity index (χ1n) is 7.04. The van der Waals surface area contributed by atoms with Gasteiger partial charge in [-0.25, -0.2) is 0 Å². The molecule has 19 heavy (non-hydrogen) atoms. The lowest BCUT2D eigenvalue weighted by molar-refractivity contribution is -0.132. The largest absolute Gasteiger partial charge is 0.409 e. The molecule has 108 valence electrons. The van der Waals surface area contributed by atoms with E-state index in [0.29, 0.717) is 31.3 Å². The van der Waals surface area contributed by atoms with Gasteiger partial charge in [0.25, 0.3) is 0 Å². The molecule has 2 fully saturated rings. The number of thioether (sulfide) groups is 1. The van der Waals surface area contributed by atoms with Crippen molar-refractivity contribution in [3.63, 3.8) is 0 Å². The fourth-order valence-corrected chi connectivity index (χ4v) is 3.70. The Hall–Kier alpha value is -0.910. The van der Waals surface area contributed by atoms with E-state index in [1.807, 2.05) is 16.7 Å². The average molecular weight is 285 g/mol. The summed E-state index contributed by atoms with van der Waals surface area (Å²) in [5, 5.41) is 11.5. The molecule has 2 aliphatic rings. The second-order valence-electron chi connectivity index (χ2n) is 5.42. The Labute approximate surface area is 118 Å². The molecule has 0 aromatic carbocycles. The van der Waals surface area contributed by atoms with E-state index in [2.05, 4.69) is 5.16 Å². The van der Waals surface area contributed by atoms with Gasteiger partial charge in [-0.3, -0.25) is 4.79 Å². The Balaban J connectivity index is 1.81. The van der Waals surface area contributed by atoms with Crippen molar-refractivity contribution < 1.29 is 10.0 Å². The molecule has 1 aliphatic carbocycles. The smallest absolute Gasteiger partial charge is 0.223 e. The minimum atomic E-state index is 0.201. The van der Waals surface area contributed by atoms with Crippen LogP contribution in [0.15, 0.2) is 5.16 Å². The molecule has 1 heterocycles. The minimum absolute atomic E-state index is 0.201. The minimum Gasteiger partial charge on any atom is -0.409 e. The SMILES string of the molecule is NC(CCN(C(=O)CC1CCSCC1)C1CC1)=NO. The average Bonchev–Trinajstić information content (AvgIpc) is 3.24. The van der Waals surface area contributed by atoms with E-state index in [9.17, 15) is 4.79 Å². The predicted molar refractivity (Wildman–Crippen MR) is 77.4 cm³/mol. The number of amides is 1. The number of carbonyl (C=O) groups is 1. The lowest BCUT2D eigenvalue weighted by Gasteiger charge is -2.26. The van der Waals surface area contributed by atoms with Gasteiger partial charge in [0.1, 0.15) is 5.84 Å². The van der Waals surface area contributed by atoms with Crippen molar-refractivity contribution in [2.75, 3.05) is 18.1 Å². The quantitative estimate of drug-likeness (QED) is 0.336. The van der Waals surface area contributed by atoms with E-state index in [1.165, 1.54) is 11.5 Å². The van der Waals surface area contributed by atoms with Gasteiger partial charge in [-0.15, -0.1) is 0 Å². The number of amidine groups is 1. The molecule has 0 unspecified atom stereocenters. The van der Waals surface area contributed by atoms with Crippen LogP contribution in [0.3, 0.4) is 0 Å². The zero-order valence-corrected chi connectivity index (χ0v) is 12.1. The molecule has 3 N–H and O–H groups in total. The topological polar surface area (TPSA) is 78.9 Å². The molecule has 0 bridgehead atoms. The zero-order valence-electron chi connectivity index (χ0n) is 11.3. The molecule has 1 aliphatic heterocycles. The van der Waals surface area contributed by atoms with E-state index in [4.69, 9.17) is 10.9 Å². The molecule has 1 saturated carbocycles. The summed E-state index contributed by atoms with van der Waals surface area (Å²) in [6, 6.07) is 0.400. The van der Waals surface area contributed by atoms with Crippen molar-refractivity contribution in [2.24, 2.45) is 16.8 Å². The van der Waals surface area contributed by atoms with Crippen LogP contribution in [0.2, 0.25) is 0 Å². The molecule has 0 aromatic rings. The summed E-state index contributed by atoms with van der Waals surface area (Å²) in [4.78, 5) is 14.3. The van der Waals surface area contributed by atoms with Crippen LogP contribution in [0.25, 0.3) is 0 Å². The maximum absolute atomic E-state index is 12.4. The predicted octanol–water partition coefficient (Wildman–Crippen LogP) is 1.65. The second-order valence-corrected chi connectivity index (χ2v) is 6.64. The van der Waals surface area contributed by atoms with Crippen LogP contribution in [-0.4, -0.2) is 45.9 Å². The van der Waals surface area contributed by atoms with Crippen LogP contribution in [-0.2, 0) is 4.79 Å². The summed E-state index contributed by atoms with van der Waals surface area (Å²) in [5.41, 5.74) is 5.49. The summed E-state index contributed by atoms with van der Waals surface area (Å²) in [7, 11) is 0. The fraction of sp³-hybridized carbons (Fsp3) is 0.846. The van der Waals surface area contributed by atoms with Crippen molar-refractivity contribution in [2.45, 2.75) is 44.6 Å². The van der Waals surface area contributed by atoms with E-state index in [1.54, 1.807) is 0 Å². The Bertz CT molecular complexity index is 339. The first-order valence-corrected chi connectivity index (χ1v) is 8.19. The first kappa shape index (κ1) is 14.5. The van der Waals surface area contributed by atoms with E-state index in [0.717, 1.165) is 25.7 Å². The lowest BCUT2D eigenvalue weighted by Crippen LogP contribution is -2.37. The number of oxime groups is 1. The molecule has 5 nitrogen and oxygen atoms in total. The van der Waals surface area contributed by atoms with E-state index in [-0.39, 0.29) is 11.7 Å². The van der Waals surface area contributed by atoms with Crippen LogP contribution in [0.5, 0.6) is 0 Å². The third kappa shape index (κ3) is 4.60. The molecule has 6 heteroatoms. The molecule has 2 rings (SSSR count). The van der Waals surface area contributed by atoms with E-state index >= 15 is 0 Å². The molecular weight excluding hydrogens is 262 g/mol. The fourth-order valence-electron chi connectivity index (χ4n) is 2.50. The monoisotopic (exact) mass is 285 g/mol. The van der Waals surface area contributed by atoms with Crippen molar-refractivity contribution in [3.05, 3.63) is 0 Å². The third-order valence-electron chi connectivity index (χ3n) is 3.85. The van der Waals surface area contributed by atoms with Crippen LogP contribution >= 0.6 is 11.8 Å². The summed E-state index contributed by atoms with van der Waals surface area (Å²) in [5.74, 6) is 3.38. The van der Waals surface area contributed by atoms with Gasteiger partial charge < -0.3 is 15.8 Å². The normalized spacial score (nSPS) is 21.4. The van der Waals surface area contributed by atoms with Gasteiger partial charge in [-0.1, -0.05) is 5.16 Å². The Kier molecular flexibility index (Phi) is 5.36. The van der Waals surface area contributed by atoms with Gasteiger partial charge in [-0.2, -0.15) is 11.8 Å². The summed E-state index contributed by atoms with van der Waals surface area (Å²) >= 11 is 1.98. The number of nitrogens with zero attached hydrogens (tertiary/aromatic N) is 2. The van der Waals surface area contributed by atoms with Crippen LogP contribution in [0, 0.1) is 5.92 Å². The van der Waals surface area contributed by atoms with Crippen LogP contribution in [0.4, 0.5) is 0 Å². The maximum Gasteiger partial charge on any atom is 0.223 e. The Morgan fingerprint density at radius 1 is 1.32 bits per heavy atom. The van der Waals surface area contributed by atoms with Gasteiger partial charge in [0.15, 0.2) is 0 Å². The molecule has 0 aromatic heterocycles. The van der Waals surface area contributed by atoms with Gasteiger partial charge in [-0.05, 0) is 43.1 Å². The van der Waals surface area contributed by atoms with Crippen molar-refractivity contribution in [3.8, 4) is 0 Å². The van der Waals surface area contributed by atoms with Crippen molar-refractivity contribution >= 4 is 23.5 Å². The standard InChI is InChI=1S/C13H23N3O2S/c14-12(15-18)3-6-16(11-1-2-11)13(17)9-10-4-7-19-8-5-10/h10-11,18H,1-9H2,(H2,14,15). The van der Waals surface area contributed by atoms with Gasteiger partial charge in [0, 0.05) is 25.4 Å². The summed E-state index contributed by atoms with van der Waals surface area (Å²) in [6.07, 6.45) is 5.65. The molecule has 0 atom stereocenters. The highest BCUT2D eigenvalue weighted by atomic mass is 32.2. The highest BCUT2D eigenvalue weighted by Gasteiger charge is 2.33. The Morgan fingerprint density at radius 2 is 2.00 bits per heavy atom. The zero-order chi connectivity index (χ0) is 13.7. The van der Waals surface area contributed by atoms with E-state index < -0.39 is 0 Å². The maximum atomic E-state index is 12.4. The second kappa shape index (κ2) is 7.03. The summed E-state index contributed by atoms with van der Waals surface area (Å²) < 4.78 is 0. The molecular formula is C13H23N3O2S. The van der Waals surface area contributed by atoms with Crippen LogP contribution < -0.4 is 5.73 Å². The molecule has 0 spiro atoms. The van der Waals surface area contributed by atoms with Gasteiger partial charge in [0.05, 0.1) is 0 Å². The van der Waals surface area contributed by atoms with Gasteiger partial charge >= 0.3 is 0 Å². The number of hydrogen-bond donors (Lipinski definition) is 2. The highest BCUT2D eigenvalue weighted by Crippen LogP contribution is 2.30. The highest BCUT2D eigenvalue weighted by molar-refractivity contribution is 7.99. The number of hydrogen-bond acceptors (Lipinski definition) is 4. The lowest BCUT2D eigenvalue weighted by atomic mass is 9.98. The third-order valence-corrected chi connectivity index (χ3v) is 4.90. The summed E-state index contributed by atoms with van der Waals surface area (Å²) in [6.45, 7) is 0.584. The Morgan fingerprint density at radius 3 is 2.58 bits per heavy atom. The molecule has 1 saturated heterocycles. The molecule has 0 radical (unpaired) electrons. The molecule has 1 amide bonds. The van der Waals surface area contributed by atoms with Crippen molar-refractivity contribution in [1.82, 2.24) is 4.90 Å².